The number of carbonyl (C=O) groups is 1. The van der Waals surface area contributed by atoms with Gasteiger partial charge in [0, 0.05) is 11.6 Å². The Bertz CT molecular complexity index is 1210. The Morgan fingerprint density at radius 1 is 1.15 bits per heavy atom. The lowest BCUT2D eigenvalue weighted by Gasteiger charge is -2.25. The summed E-state index contributed by atoms with van der Waals surface area (Å²) in [5.41, 5.74) is 0.263. The molecule has 0 bridgehead atoms. The minimum atomic E-state index is -4.55. The van der Waals surface area contributed by atoms with E-state index in [1.165, 1.54) is 17.9 Å². The molecule has 1 atom stereocenters. The van der Waals surface area contributed by atoms with E-state index in [9.17, 15) is 18.0 Å². The van der Waals surface area contributed by atoms with E-state index in [4.69, 9.17) is 11.6 Å². The van der Waals surface area contributed by atoms with Crippen LogP contribution in [0.25, 0.3) is 0 Å². The van der Waals surface area contributed by atoms with Gasteiger partial charge in [0.2, 0.25) is 0 Å². The summed E-state index contributed by atoms with van der Waals surface area (Å²) in [5.74, 6) is 1.26. The molecule has 0 saturated heterocycles. The molecule has 0 fully saturated rings. The highest BCUT2D eigenvalue weighted by molar-refractivity contribution is 6.30. The van der Waals surface area contributed by atoms with Crippen LogP contribution in [-0.2, 0) is 12.7 Å². The number of amides is 2. The highest BCUT2D eigenvalue weighted by atomic mass is 35.5. The predicted octanol–water partition coefficient (Wildman–Crippen LogP) is 5.16. The van der Waals surface area contributed by atoms with Gasteiger partial charge in [0.15, 0.2) is 5.82 Å². The van der Waals surface area contributed by atoms with Crippen LogP contribution in [0.5, 0.6) is 0 Å². The maximum atomic E-state index is 13.0. The second-order valence-corrected chi connectivity index (χ2v) is 8.04. The summed E-state index contributed by atoms with van der Waals surface area (Å²) in [6.07, 6.45) is -0.874. The van der Waals surface area contributed by atoms with Gasteiger partial charge in [-0.15, -0.1) is 10.2 Å². The van der Waals surface area contributed by atoms with Crippen molar-refractivity contribution >= 4 is 23.3 Å². The minimum absolute atomic E-state index is 0.0728. The van der Waals surface area contributed by atoms with Gasteiger partial charge in [0.1, 0.15) is 17.6 Å². The third-order valence-corrected chi connectivity index (χ3v) is 5.57. The molecular weight excluding hydrogens is 457 g/mol. The number of pyridine rings is 1. The molecule has 2 amide bonds. The van der Waals surface area contributed by atoms with Crippen LogP contribution >= 0.6 is 11.6 Å². The van der Waals surface area contributed by atoms with Gasteiger partial charge in [-0.1, -0.05) is 35.9 Å². The predicted molar refractivity (Wildman–Crippen MR) is 117 cm³/mol. The number of hydrogen-bond acceptors (Lipinski definition) is 4. The largest absolute Gasteiger partial charge is 0.433 e. The Labute approximate surface area is 192 Å². The average Bonchev–Trinajstić information content (AvgIpc) is 3.37. The average molecular weight is 477 g/mol. The minimum Gasteiger partial charge on any atom is -0.309 e. The van der Waals surface area contributed by atoms with E-state index >= 15 is 0 Å². The van der Waals surface area contributed by atoms with Crippen molar-refractivity contribution in [3.8, 4) is 0 Å². The second kappa shape index (κ2) is 8.86. The maximum absolute atomic E-state index is 13.0. The fourth-order valence-electron chi connectivity index (χ4n) is 3.58. The molecule has 11 heteroatoms. The molecule has 1 aliphatic heterocycles. The molecule has 33 heavy (non-hydrogen) atoms. The molecule has 172 valence electrons. The van der Waals surface area contributed by atoms with Crippen LogP contribution in [0.4, 0.5) is 23.7 Å². The first-order chi connectivity index (χ1) is 15.6. The summed E-state index contributed by atoms with van der Waals surface area (Å²) in [6.45, 7) is 4.05. The third-order valence-electron chi connectivity index (χ3n) is 5.32. The molecule has 0 aliphatic carbocycles. The lowest BCUT2D eigenvalue weighted by atomic mass is 10.2. The molecule has 1 N–H and O–H groups in total. The zero-order valence-corrected chi connectivity index (χ0v) is 18.5. The monoisotopic (exact) mass is 476 g/mol. The highest BCUT2D eigenvalue weighted by Crippen LogP contribution is 2.30. The summed E-state index contributed by atoms with van der Waals surface area (Å²) in [5, 5.41) is 11.8. The van der Waals surface area contributed by atoms with Gasteiger partial charge < -0.3 is 14.8 Å². The van der Waals surface area contributed by atoms with E-state index in [2.05, 4.69) is 20.5 Å². The Morgan fingerprint density at radius 3 is 2.55 bits per heavy atom. The van der Waals surface area contributed by atoms with Gasteiger partial charge >= 0.3 is 12.2 Å². The van der Waals surface area contributed by atoms with Crippen LogP contribution in [0.3, 0.4) is 0 Å². The van der Waals surface area contributed by atoms with Crippen LogP contribution in [0.1, 0.15) is 34.6 Å². The van der Waals surface area contributed by atoms with Gasteiger partial charge in [-0.2, -0.15) is 13.2 Å². The normalized spacial score (nSPS) is 15.8. The first kappa shape index (κ1) is 22.8. The molecule has 0 spiro atoms. The quantitative estimate of drug-likeness (QED) is 0.528. The molecule has 4 rings (SSSR count). The van der Waals surface area contributed by atoms with Crippen molar-refractivity contribution in [1.82, 2.24) is 24.6 Å². The van der Waals surface area contributed by atoms with E-state index in [0.717, 1.165) is 11.6 Å². The van der Waals surface area contributed by atoms with Crippen LogP contribution in [0, 0.1) is 13.8 Å². The zero-order chi connectivity index (χ0) is 23.8. The van der Waals surface area contributed by atoms with E-state index in [1.54, 1.807) is 12.1 Å². The second-order valence-electron chi connectivity index (χ2n) is 7.60. The SMILES string of the molecule is Cc1nc(C(F)(F)F)ccc1NC(=O)N1CC=C[C@@H]1c1nnc(C)n1Cc1ccc(Cl)cc1. The maximum Gasteiger partial charge on any atom is 0.433 e. The van der Waals surface area contributed by atoms with Crippen molar-refractivity contribution < 1.29 is 18.0 Å². The number of alkyl halides is 3. The Kier molecular flexibility index (Phi) is 6.11. The fourth-order valence-corrected chi connectivity index (χ4v) is 3.70. The molecule has 7 nitrogen and oxygen atoms in total. The molecule has 3 heterocycles. The summed E-state index contributed by atoms with van der Waals surface area (Å²) in [4.78, 5) is 18.1. The summed E-state index contributed by atoms with van der Waals surface area (Å²) in [6, 6.07) is 8.48. The van der Waals surface area contributed by atoms with Crippen LogP contribution < -0.4 is 5.32 Å². The van der Waals surface area contributed by atoms with Gasteiger partial charge in [-0.05, 0) is 43.7 Å². The number of rotatable bonds is 4. The number of hydrogen-bond donors (Lipinski definition) is 1. The standard InChI is InChI=1S/C22H20ClF3N6O/c1-13-17(9-10-19(27-13)22(24,25)26)28-21(33)31-11-3-4-18(31)20-30-29-14(2)32(20)12-15-5-7-16(23)8-6-15/h3-10,18H,11-12H2,1-2H3,(H,28,33)/t18-/m1/s1. The van der Waals surface area contributed by atoms with Crippen molar-refractivity contribution in [3.05, 3.63) is 82.2 Å². The molecule has 0 radical (unpaired) electrons. The highest BCUT2D eigenvalue weighted by Gasteiger charge is 2.34. The number of nitrogens with one attached hydrogen (secondary N) is 1. The number of benzene rings is 1. The van der Waals surface area contributed by atoms with Crippen molar-refractivity contribution in [2.75, 3.05) is 11.9 Å². The molecule has 1 aromatic carbocycles. The number of aryl methyl sites for hydroxylation is 2. The smallest absolute Gasteiger partial charge is 0.309 e. The van der Waals surface area contributed by atoms with Crippen molar-refractivity contribution in [2.45, 2.75) is 32.6 Å². The number of urea groups is 1. The number of nitrogens with zero attached hydrogens (tertiary/aromatic N) is 5. The van der Waals surface area contributed by atoms with Crippen molar-refractivity contribution in [1.29, 1.82) is 0 Å². The van der Waals surface area contributed by atoms with Crippen LogP contribution in [-0.4, -0.2) is 37.2 Å². The van der Waals surface area contributed by atoms with Crippen LogP contribution in [0.2, 0.25) is 5.02 Å². The zero-order valence-electron chi connectivity index (χ0n) is 17.8. The Hall–Kier alpha value is -3.40. The van der Waals surface area contributed by atoms with Crippen molar-refractivity contribution in [3.63, 3.8) is 0 Å². The third kappa shape index (κ3) is 4.85. The fraction of sp³-hybridized carbons (Fsp3) is 0.273. The lowest BCUT2D eigenvalue weighted by molar-refractivity contribution is -0.141. The molecule has 2 aromatic heterocycles. The first-order valence-electron chi connectivity index (χ1n) is 10.1. The molecule has 1 aliphatic rings. The molecule has 0 saturated carbocycles. The number of anilines is 1. The lowest BCUT2D eigenvalue weighted by Crippen LogP contribution is -2.36. The van der Waals surface area contributed by atoms with Gasteiger partial charge in [-0.3, -0.25) is 0 Å². The Balaban J connectivity index is 1.54. The summed E-state index contributed by atoms with van der Waals surface area (Å²) in [7, 11) is 0. The first-order valence-corrected chi connectivity index (χ1v) is 10.4. The van der Waals surface area contributed by atoms with Gasteiger partial charge in [0.25, 0.3) is 0 Å². The number of aromatic nitrogens is 4. The summed E-state index contributed by atoms with van der Waals surface area (Å²) >= 11 is 5.97. The molecule has 3 aromatic rings. The van der Waals surface area contributed by atoms with E-state index < -0.39 is 23.9 Å². The van der Waals surface area contributed by atoms with Gasteiger partial charge in [-0.25, -0.2) is 9.78 Å². The number of carbonyl (C=O) groups excluding carboxylic acids is 1. The van der Waals surface area contributed by atoms with Crippen LogP contribution in [0.15, 0.2) is 48.6 Å². The van der Waals surface area contributed by atoms with E-state index in [-0.39, 0.29) is 11.4 Å². The van der Waals surface area contributed by atoms with Gasteiger partial charge in [0.05, 0.1) is 17.9 Å². The number of halogens is 4. The topological polar surface area (TPSA) is 75.9 Å². The molecule has 0 unspecified atom stereocenters. The van der Waals surface area contributed by atoms with E-state index in [1.807, 2.05) is 35.8 Å². The van der Waals surface area contributed by atoms with Crippen molar-refractivity contribution in [2.24, 2.45) is 0 Å². The summed E-state index contributed by atoms with van der Waals surface area (Å²) < 4.78 is 40.5. The molecular formula is C22H20ClF3N6O. The van der Waals surface area contributed by atoms with E-state index in [0.29, 0.717) is 29.8 Å². The Morgan fingerprint density at radius 2 is 1.88 bits per heavy atom.